The van der Waals surface area contributed by atoms with E-state index in [1.807, 2.05) is 54.8 Å². The second-order valence-corrected chi connectivity index (χ2v) is 6.80. The van der Waals surface area contributed by atoms with Gasteiger partial charge in [0.25, 0.3) is 5.56 Å². The van der Waals surface area contributed by atoms with E-state index in [0.29, 0.717) is 21.9 Å². The van der Waals surface area contributed by atoms with Gasteiger partial charge >= 0.3 is 0 Å². The van der Waals surface area contributed by atoms with Gasteiger partial charge in [-0.15, -0.1) is 15.3 Å². The van der Waals surface area contributed by atoms with Gasteiger partial charge in [0.1, 0.15) is 11.3 Å². The Labute approximate surface area is 153 Å². The van der Waals surface area contributed by atoms with Crippen LogP contribution in [0, 0.1) is 13.8 Å². The Balaban J connectivity index is 1.64. The van der Waals surface area contributed by atoms with Gasteiger partial charge in [0.05, 0.1) is 11.3 Å². The van der Waals surface area contributed by atoms with Gasteiger partial charge < -0.3 is 0 Å². The van der Waals surface area contributed by atoms with Crippen molar-refractivity contribution >= 4 is 22.7 Å². The highest BCUT2D eigenvalue weighted by molar-refractivity contribution is 7.98. The molecule has 26 heavy (non-hydrogen) atoms. The minimum atomic E-state index is -0.166. The first-order valence-electron chi connectivity index (χ1n) is 8.08. The Morgan fingerprint density at radius 2 is 1.73 bits per heavy atom. The second-order valence-electron chi connectivity index (χ2n) is 5.89. The molecule has 0 saturated carbocycles. The van der Waals surface area contributed by atoms with Crippen LogP contribution < -0.4 is 5.56 Å². The summed E-state index contributed by atoms with van der Waals surface area (Å²) in [5.74, 6) is 1.09. The summed E-state index contributed by atoms with van der Waals surface area (Å²) in [6.07, 6.45) is 0. The fraction of sp³-hybridized carbons (Fsp3) is 0.167. The summed E-state index contributed by atoms with van der Waals surface area (Å²) in [5, 5.41) is 17.8. The zero-order valence-electron chi connectivity index (χ0n) is 14.3. The molecule has 0 atom stereocenters. The molecule has 130 valence electrons. The summed E-state index contributed by atoms with van der Waals surface area (Å²) < 4.78 is 3.31. The van der Waals surface area contributed by atoms with E-state index >= 15 is 0 Å². The summed E-state index contributed by atoms with van der Waals surface area (Å²) >= 11 is 1.39. The minimum Gasteiger partial charge on any atom is -0.274 e. The zero-order chi connectivity index (χ0) is 18.1. The number of thioether (sulfide) groups is 1. The quantitative estimate of drug-likeness (QED) is 0.518. The topological polar surface area (TPSA) is 78.5 Å². The van der Waals surface area contributed by atoms with Crippen LogP contribution in [0.2, 0.25) is 0 Å². The Bertz CT molecular complexity index is 1130. The maximum atomic E-state index is 12.6. The molecule has 0 N–H and O–H groups in total. The molecule has 0 fully saturated rings. The molecule has 4 aromatic rings. The Hall–Kier alpha value is -3.00. The maximum absolute atomic E-state index is 12.6. The largest absolute Gasteiger partial charge is 0.278 e. The lowest BCUT2D eigenvalue weighted by molar-refractivity contribution is 0.643. The van der Waals surface area contributed by atoms with Crippen LogP contribution in [-0.4, -0.2) is 29.8 Å². The van der Waals surface area contributed by atoms with Crippen LogP contribution in [0.25, 0.3) is 16.6 Å². The van der Waals surface area contributed by atoms with E-state index in [4.69, 9.17) is 0 Å². The number of benzene rings is 2. The summed E-state index contributed by atoms with van der Waals surface area (Å²) in [6.45, 7) is 3.95. The number of nitrogens with zero attached hydrogens (tertiary/aromatic N) is 6. The molecule has 8 heteroatoms. The van der Waals surface area contributed by atoms with Crippen molar-refractivity contribution in [3.05, 3.63) is 70.3 Å². The third-order valence-corrected chi connectivity index (χ3v) is 4.93. The lowest BCUT2D eigenvalue weighted by Crippen LogP contribution is -2.23. The van der Waals surface area contributed by atoms with Crippen molar-refractivity contribution in [1.29, 1.82) is 0 Å². The number of rotatable bonds is 4. The van der Waals surface area contributed by atoms with E-state index in [1.54, 1.807) is 12.1 Å². The predicted octanol–water partition coefficient (Wildman–Crippen LogP) is 2.74. The molecule has 7 nitrogen and oxygen atoms in total. The normalized spacial score (nSPS) is 11.2. The first-order valence-corrected chi connectivity index (χ1v) is 9.06. The van der Waals surface area contributed by atoms with E-state index in [-0.39, 0.29) is 5.56 Å². The Morgan fingerprint density at radius 3 is 2.54 bits per heavy atom. The molecule has 0 aliphatic heterocycles. The smallest absolute Gasteiger partial charge is 0.274 e. The third kappa shape index (κ3) is 2.99. The summed E-state index contributed by atoms with van der Waals surface area (Å²) in [7, 11) is 0. The van der Waals surface area contributed by atoms with Crippen molar-refractivity contribution in [2.24, 2.45) is 0 Å². The van der Waals surface area contributed by atoms with Crippen molar-refractivity contribution in [3.8, 4) is 5.69 Å². The molecule has 2 heterocycles. The second kappa shape index (κ2) is 6.72. The van der Waals surface area contributed by atoms with E-state index in [9.17, 15) is 4.79 Å². The fourth-order valence-electron chi connectivity index (χ4n) is 2.65. The van der Waals surface area contributed by atoms with Crippen LogP contribution in [-0.2, 0) is 5.88 Å². The van der Waals surface area contributed by atoms with Gasteiger partial charge in [-0.1, -0.05) is 46.8 Å². The van der Waals surface area contributed by atoms with E-state index in [1.165, 1.54) is 22.0 Å². The number of aryl methyl sites for hydroxylation is 2. The molecular weight excluding hydrogens is 348 g/mol. The molecule has 0 saturated heterocycles. The fourth-order valence-corrected chi connectivity index (χ4v) is 3.53. The van der Waals surface area contributed by atoms with Crippen LogP contribution in [0.15, 0.2) is 58.5 Å². The predicted molar refractivity (Wildman–Crippen MR) is 100 cm³/mol. The molecule has 4 rings (SSSR count). The number of hydrogen-bond donors (Lipinski definition) is 0. The Kier molecular flexibility index (Phi) is 4.26. The van der Waals surface area contributed by atoms with Crippen molar-refractivity contribution in [2.75, 3.05) is 0 Å². The van der Waals surface area contributed by atoms with E-state index in [0.717, 1.165) is 11.5 Å². The monoisotopic (exact) mass is 364 g/mol. The van der Waals surface area contributed by atoms with Crippen LogP contribution in [0.4, 0.5) is 0 Å². The average molecular weight is 364 g/mol. The molecule has 0 aliphatic carbocycles. The maximum Gasteiger partial charge on any atom is 0.278 e. The van der Waals surface area contributed by atoms with Crippen LogP contribution in [0.1, 0.15) is 11.4 Å². The van der Waals surface area contributed by atoms with Gasteiger partial charge in [-0.3, -0.25) is 9.36 Å². The molecular formula is C18H16N6OS. The zero-order valence-corrected chi connectivity index (χ0v) is 15.1. The molecule has 0 radical (unpaired) electrons. The highest BCUT2D eigenvalue weighted by Gasteiger charge is 2.13. The minimum absolute atomic E-state index is 0.166. The van der Waals surface area contributed by atoms with Gasteiger partial charge in [0.2, 0.25) is 0 Å². The van der Waals surface area contributed by atoms with Crippen molar-refractivity contribution in [3.63, 3.8) is 0 Å². The van der Waals surface area contributed by atoms with E-state index < -0.39 is 0 Å². The Morgan fingerprint density at radius 1 is 0.962 bits per heavy atom. The van der Waals surface area contributed by atoms with Gasteiger partial charge in [-0.05, 0) is 38.1 Å². The lowest BCUT2D eigenvalue weighted by atomic mass is 10.2. The molecule has 0 amide bonds. The number of aromatic nitrogens is 6. The standard InChI is InChI=1S/C18H16N6OS/c1-12-7-9-14(10-8-12)24-13(2)19-21-18(24)26-11-23-17(25)15-5-3-4-6-16(15)20-22-23/h3-10H,11H2,1-2H3. The average Bonchev–Trinajstić information content (AvgIpc) is 3.03. The van der Waals surface area contributed by atoms with Crippen LogP contribution >= 0.6 is 11.8 Å². The highest BCUT2D eigenvalue weighted by Crippen LogP contribution is 2.22. The first-order chi connectivity index (χ1) is 12.6. The van der Waals surface area contributed by atoms with Gasteiger partial charge in [-0.25, -0.2) is 0 Å². The van der Waals surface area contributed by atoms with E-state index in [2.05, 4.69) is 20.5 Å². The molecule has 2 aromatic heterocycles. The third-order valence-electron chi connectivity index (χ3n) is 4.03. The summed E-state index contributed by atoms with van der Waals surface area (Å²) in [6, 6.07) is 15.3. The number of hydrogen-bond acceptors (Lipinski definition) is 6. The summed E-state index contributed by atoms with van der Waals surface area (Å²) in [5.41, 5.74) is 2.60. The molecule has 2 aromatic carbocycles. The van der Waals surface area contributed by atoms with Gasteiger partial charge in [-0.2, -0.15) is 4.68 Å². The number of fused-ring (bicyclic) bond motifs is 1. The van der Waals surface area contributed by atoms with Crippen LogP contribution in [0.5, 0.6) is 0 Å². The molecule has 0 unspecified atom stereocenters. The van der Waals surface area contributed by atoms with Gasteiger partial charge in [0.15, 0.2) is 5.16 Å². The van der Waals surface area contributed by atoms with Gasteiger partial charge in [0, 0.05) is 5.69 Å². The first kappa shape index (κ1) is 16.5. The van der Waals surface area contributed by atoms with Crippen molar-refractivity contribution < 1.29 is 0 Å². The van der Waals surface area contributed by atoms with Crippen molar-refractivity contribution in [1.82, 2.24) is 29.8 Å². The van der Waals surface area contributed by atoms with Crippen LogP contribution in [0.3, 0.4) is 0 Å². The summed E-state index contributed by atoms with van der Waals surface area (Å²) in [4.78, 5) is 12.6. The lowest BCUT2D eigenvalue weighted by Gasteiger charge is -2.09. The molecule has 0 bridgehead atoms. The molecule has 0 spiro atoms. The highest BCUT2D eigenvalue weighted by atomic mass is 32.2. The molecule has 0 aliphatic rings. The SMILES string of the molecule is Cc1ccc(-n2c(C)nnc2SCn2nnc3ccccc3c2=O)cc1. The van der Waals surface area contributed by atoms with Crippen molar-refractivity contribution in [2.45, 2.75) is 24.9 Å².